The summed E-state index contributed by atoms with van der Waals surface area (Å²) in [6.07, 6.45) is 2.81. The van der Waals surface area contributed by atoms with E-state index in [0.717, 1.165) is 16.8 Å². The van der Waals surface area contributed by atoms with Gasteiger partial charge in [-0.2, -0.15) is 0 Å². The van der Waals surface area contributed by atoms with E-state index in [1.54, 1.807) is 39.5 Å². The molecule has 2 amide bonds. The fourth-order valence-electron chi connectivity index (χ4n) is 4.96. The lowest BCUT2D eigenvalue weighted by atomic mass is 9.95. The number of amides is 2. The fraction of sp³-hybridized carbons (Fsp3) is 0.333. The van der Waals surface area contributed by atoms with Gasteiger partial charge in [0.05, 0.1) is 45.3 Å². The second-order valence-corrected chi connectivity index (χ2v) is 9.50. The van der Waals surface area contributed by atoms with Gasteiger partial charge in [-0.25, -0.2) is 0 Å². The van der Waals surface area contributed by atoms with E-state index in [1.165, 1.54) is 20.1 Å². The van der Waals surface area contributed by atoms with E-state index in [2.05, 4.69) is 20.9 Å². The van der Waals surface area contributed by atoms with Crippen LogP contribution < -0.4 is 35.6 Å². The number of anilines is 1. The van der Waals surface area contributed by atoms with Crippen LogP contribution in [0.25, 0.3) is 11.1 Å². The molecule has 4 rings (SSSR count). The molecule has 0 fully saturated rings. The zero-order valence-electron chi connectivity index (χ0n) is 23.3. The number of aryl methyl sites for hydroxylation is 1. The van der Waals surface area contributed by atoms with Gasteiger partial charge < -0.3 is 30.2 Å². The van der Waals surface area contributed by atoms with Crippen molar-refractivity contribution in [3.63, 3.8) is 0 Å². The Morgan fingerprint density at radius 1 is 1.05 bits per heavy atom. The van der Waals surface area contributed by atoms with Gasteiger partial charge in [0.15, 0.2) is 11.5 Å². The van der Waals surface area contributed by atoms with Crippen molar-refractivity contribution in [1.29, 1.82) is 0 Å². The molecule has 0 aliphatic heterocycles. The molecule has 40 heavy (non-hydrogen) atoms. The summed E-state index contributed by atoms with van der Waals surface area (Å²) in [7, 11) is 4.64. The van der Waals surface area contributed by atoms with Crippen molar-refractivity contribution in [1.82, 2.24) is 15.6 Å². The second-order valence-electron chi connectivity index (χ2n) is 9.50. The second kappa shape index (κ2) is 12.5. The summed E-state index contributed by atoms with van der Waals surface area (Å²) >= 11 is 0. The maximum absolute atomic E-state index is 13.5. The summed E-state index contributed by atoms with van der Waals surface area (Å²) in [6, 6.07) is 11.2. The molecular weight excluding hydrogens is 512 g/mol. The van der Waals surface area contributed by atoms with Crippen molar-refractivity contribution in [2.24, 2.45) is 0 Å². The number of nitrogens with one attached hydrogen (secondary N) is 3. The maximum Gasteiger partial charge on any atom is 0.242 e. The van der Waals surface area contributed by atoms with Gasteiger partial charge in [-0.1, -0.05) is 12.1 Å². The number of methoxy groups -OCH3 is 3. The van der Waals surface area contributed by atoms with Crippen LogP contribution in [0.1, 0.15) is 43.1 Å². The molecule has 2 aromatic carbocycles. The Bertz CT molecular complexity index is 1460. The summed E-state index contributed by atoms with van der Waals surface area (Å²) in [5.74, 6) is 0.933. The van der Waals surface area contributed by atoms with Crippen LogP contribution in [0.3, 0.4) is 0 Å². The Balaban J connectivity index is 1.76. The summed E-state index contributed by atoms with van der Waals surface area (Å²) in [4.78, 5) is 42.6. The fourth-order valence-corrected chi connectivity index (χ4v) is 4.96. The number of pyridine rings is 1. The van der Waals surface area contributed by atoms with Crippen LogP contribution in [0.15, 0.2) is 53.5 Å². The van der Waals surface area contributed by atoms with Crippen LogP contribution in [0.2, 0.25) is 0 Å². The average molecular weight is 547 g/mol. The van der Waals surface area contributed by atoms with E-state index < -0.39 is 12.1 Å². The van der Waals surface area contributed by atoms with Crippen molar-refractivity contribution >= 4 is 17.5 Å². The van der Waals surface area contributed by atoms with Crippen LogP contribution in [-0.2, 0) is 22.6 Å². The lowest BCUT2D eigenvalue weighted by Crippen LogP contribution is -2.38. The van der Waals surface area contributed by atoms with Crippen LogP contribution in [0.4, 0.5) is 5.69 Å². The number of rotatable bonds is 9. The number of carbonyl (C=O) groups excluding carboxylic acids is 2. The van der Waals surface area contributed by atoms with E-state index in [1.807, 2.05) is 24.3 Å². The van der Waals surface area contributed by atoms with E-state index in [0.29, 0.717) is 41.2 Å². The average Bonchev–Trinajstić information content (AvgIpc) is 3.19. The van der Waals surface area contributed by atoms with E-state index in [9.17, 15) is 14.4 Å². The maximum atomic E-state index is 13.5. The molecule has 3 N–H and O–H groups in total. The summed E-state index contributed by atoms with van der Waals surface area (Å²) in [5, 5.41) is 8.87. The first-order valence-corrected chi connectivity index (χ1v) is 13.0. The number of aromatic nitrogens is 1. The molecule has 10 heteroatoms. The van der Waals surface area contributed by atoms with E-state index >= 15 is 0 Å². The first kappa shape index (κ1) is 28.4. The van der Waals surface area contributed by atoms with Crippen molar-refractivity contribution in [3.8, 4) is 28.4 Å². The molecule has 3 aromatic rings. The van der Waals surface area contributed by atoms with Crippen molar-refractivity contribution in [2.75, 3.05) is 26.6 Å². The molecule has 1 heterocycles. The quantitative estimate of drug-likeness (QED) is 0.373. The molecule has 0 unspecified atom stereocenters. The Hall–Kier alpha value is -4.60. The third-order valence-electron chi connectivity index (χ3n) is 6.85. The first-order valence-electron chi connectivity index (χ1n) is 13.0. The Kier molecular flexibility index (Phi) is 8.88. The zero-order chi connectivity index (χ0) is 28.8. The van der Waals surface area contributed by atoms with E-state index in [4.69, 9.17) is 14.2 Å². The standard InChI is InChI=1S/C30H34N4O6/c1-17(30(37)32-16-20-8-6-7-13-31-20)33-24-12-10-21-22(15-25(24)36)23(34-18(2)35)11-9-19-14-26(38-3)28(39-4)29(40-5)27(19)21/h6-8,10,12-15,17,23H,9,11,16H2,1-5H3,(H,32,37)(H,33,36)(H,34,35)/t17-,23-/m1/s1. The lowest BCUT2D eigenvalue weighted by Gasteiger charge is -2.19. The molecule has 1 aromatic heterocycles. The van der Waals surface area contributed by atoms with Crippen LogP contribution in [-0.4, -0.2) is 44.2 Å². The molecule has 10 nitrogen and oxygen atoms in total. The van der Waals surface area contributed by atoms with Gasteiger partial charge in [0, 0.05) is 18.7 Å². The largest absolute Gasteiger partial charge is 0.493 e. The van der Waals surface area contributed by atoms with Gasteiger partial charge in [0.2, 0.25) is 23.0 Å². The number of ether oxygens (including phenoxy) is 3. The van der Waals surface area contributed by atoms with Gasteiger partial charge in [0.25, 0.3) is 0 Å². The number of hydrogen-bond donors (Lipinski definition) is 3. The lowest BCUT2D eigenvalue weighted by molar-refractivity contribution is -0.122. The number of nitrogens with zero attached hydrogens (tertiary/aromatic N) is 1. The highest BCUT2D eigenvalue weighted by molar-refractivity contribution is 5.85. The molecular formula is C30H34N4O6. The molecule has 1 aliphatic carbocycles. The summed E-state index contributed by atoms with van der Waals surface area (Å²) in [5.41, 5.74) is 3.70. The highest BCUT2D eigenvalue weighted by Gasteiger charge is 2.29. The first-order chi connectivity index (χ1) is 19.3. The number of hydrogen-bond acceptors (Lipinski definition) is 8. The minimum atomic E-state index is -0.698. The molecule has 0 spiro atoms. The minimum Gasteiger partial charge on any atom is -0.493 e. The van der Waals surface area contributed by atoms with Crippen LogP contribution in [0, 0.1) is 0 Å². The molecule has 0 radical (unpaired) electrons. The topological polar surface area (TPSA) is 128 Å². The van der Waals surface area contributed by atoms with Gasteiger partial charge in [-0.15, -0.1) is 0 Å². The highest BCUT2D eigenvalue weighted by atomic mass is 16.5. The molecule has 2 atom stereocenters. The normalized spacial score (nSPS) is 14.5. The molecule has 0 saturated heterocycles. The molecule has 1 aliphatic rings. The Morgan fingerprint density at radius 2 is 1.82 bits per heavy atom. The molecule has 0 bridgehead atoms. The van der Waals surface area contributed by atoms with Crippen molar-refractivity contribution < 1.29 is 23.8 Å². The van der Waals surface area contributed by atoms with Crippen LogP contribution >= 0.6 is 0 Å². The minimum absolute atomic E-state index is 0.209. The third-order valence-corrected chi connectivity index (χ3v) is 6.85. The Labute approximate surface area is 233 Å². The number of benzene rings is 1. The third kappa shape index (κ3) is 6.01. The highest BCUT2D eigenvalue weighted by Crippen LogP contribution is 2.50. The van der Waals surface area contributed by atoms with Gasteiger partial charge in [-0.05, 0) is 66.8 Å². The number of fused-ring (bicyclic) bond motifs is 3. The van der Waals surface area contributed by atoms with E-state index in [-0.39, 0.29) is 29.5 Å². The van der Waals surface area contributed by atoms with Gasteiger partial charge in [0.1, 0.15) is 6.04 Å². The zero-order valence-corrected chi connectivity index (χ0v) is 23.3. The molecule has 210 valence electrons. The molecule has 0 saturated carbocycles. The predicted molar refractivity (Wildman–Crippen MR) is 152 cm³/mol. The van der Waals surface area contributed by atoms with Crippen molar-refractivity contribution in [3.05, 3.63) is 75.7 Å². The number of carbonyl (C=O) groups is 2. The Morgan fingerprint density at radius 3 is 2.48 bits per heavy atom. The summed E-state index contributed by atoms with van der Waals surface area (Å²) in [6.45, 7) is 3.40. The van der Waals surface area contributed by atoms with Gasteiger partial charge >= 0.3 is 0 Å². The SMILES string of the molecule is COc1cc2c(c(OC)c1OC)-c1ccc(N[C@H](C)C(=O)NCc3ccccn3)c(=O)cc1[C@H](NC(C)=O)CC2. The monoisotopic (exact) mass is 546 g/mol. The summed E-state index contributed by atoms with van der Waals surface area (Å²) < 4.78 is 17.0. The predicted octanol–water partition coefficient (Wildman–Crippen LogP) is 3.37. The van der Waals surface area contributed by atoms with Crippen molar-refractivity contribution in [2.45, 2.75) is 45.3 Å². The van der Waals surface area contributed by atoms with Crippen LogP contribution in [0.5, 0.6) is 17.2 Å². The smallest absolute Gasteiger partial charge is 0.242 e. The van der Waals surface area contributed by atoms with Gasteiger partial charge in [-0.3, -0.25) is 19.4 Å².